The molecule has 5 nitrogen and oxygen atoms in total. The first-order valence-corrected chi connectivity index (χ1v) is 6.95. The molecule has 0 spiro atoms. The molecule has 1 amide bonds. The molecule has 0 aliphatic carbocycles. The van der Waals surface area contributed by atoms with Crippen LogP contribution < -0.4 is 10.6 Å². The number of carbonyl (C=O) groups is 1. The van der Waals surface area contributed by atoms with Gasteiger partial charge in [-0.3, -0.25) is 9.48 Å². The number of benzene rings is 1. The maximum atomic E-state index is 12.2. The molecular formula is C15H18N4O. The molecule has 1 aliphatic rings. The second kappa shape index (κ2) is 5.00. The van der Waals surface area contributed by atoms with Gasteiger partial charge in [0.1, 0.15) is 11.9 Å². The van der Waals surface area contributed by atoms with E-state index in [0.717, 1.165) is 17.7 Å². The molecule has 2 N–H and O–H groups in total. The van der Waals surface area contributed by atoms with Gasteiger partial charge >= 0.3 is 0 Å². The van der Waals surface area contributed by atoms with Crippen LogP contribution in [-0.4, -0.2) is 15.7 Å². The Morgan fingerprint density at radius 2 is 1.95 bits per heavy atom. The van der Waals surface area contributed by atoms with Crippen LogP contribution in [0.5, 0.6) is 0 Å². The Hall–Kier alpha value is -2.30. The van der Waals surface area contributed by atoms with Gasteiger partial charge in [0.05, 0.1) is 11.9 Å². The van der Waals surface area contributed by atoms with E-state index in [1.165, 1.54) is 5.56 Å². The van der Waals surface area contributed by atoms with Gasteiger partial charge in [-0.2, -0.15) is 5.10 Å². The minimum Gasteiger partial charge on any atom is -0.358 e. The summed E-state index contributed by atoms with van der Waals surface area (Å²) in [6, 6.07) is 8.28. The molecule has 0 fully saturated rings. The molecular weight excluding hydrogens is 252 g/mol. The number of carbonyl (C=O) groups excluding carboxylic acids is 1. The van der Waals surface area contributed by atoms with Crippen molar-refractivity contribution < 1.29 is 4.79 Å². The summed E-state index contributed by atoms with van der Waals surface area (Å²) in [5, 5.41) is 10.5. The smallest absolute Gasteiger partial charge is 0.273 e. The van der Waals surface area contributed by atoms with Gasteiger partial charge in [-0.25, -0.2) is 0 Å². The standard InChI is InChI=1S/C15H18N4O/c1-3-10-5-7-11(8-6-10)14-17-12-9-16-19(4-2)13(12)15(20)18-14/h5-9,14,17H,3-4H2,1-2H3,(H,18,20)/t14-/m0/s1. The second-order valence-corrected chi connectivity index (χ2v) is 4.87. The van der Waals surface area contributed by atoms with Gasteiger partial charge in [-0.1, -0.05) is 31.2 Å². The summed E-state index contributed by atoms with van der Waals surface area (Å²) in [5.74, 6) is -0.0809. The number of amides is 1. The normalized spacial score (nSPS) is 17.3. The van der Waals surface area contributed by atoms with Crippen molar-refractivity contribution in [2.24, 2.45) is 0 Å². The molecule has 0 radical (unpaired) electrons. The molecule has 5 heteroatoms. The van der Waals surface area contributed by atoms with E-state index in [-0.39, 0.29) is 12.1 Å². The highest BCUT2D eigenvalue weighted by atomic mass is 16.2. The molecule has 0 saturated carbocycles. The van der Waals surface area contributed by atoms with Crippen LogP contribution in [0.3, 0.4) is 0 Å². The summed E-state index contributed by atoms with van der Waals surface area (Å²) in [6.07, 6.45) is 2.53. The van der Waals surface area contributed by atoms with E-state index in [1.54, 1.807) is 10.9 Å². The van der Waals surface area contributed by atoms with E-state index in [1.807, 2.05) is 19.1 Å². The SMILES string of the molecule is CCc1ccc([C@@H]2NC(=O)c3c(cnn3CC)N2)cc1. The number of nitrogens with one attached hydrogen (secondary N) is 2. The molecule has 0 saturated heterocycles. The predicted molar refractivity (Wildman–Crippen MR) is 77.6 cm³/mol. The molecule has 104 valence electrons. The summed E-state index contributed by atoms with van der Waals surface area (Å²) in [4.78, 5) is 12.2. The van der Waals surface area contributed by atoms with Crippen molar-refractivity contribution in [1.29, 1.82) is 0 Å². The number of rotatable bonds is 3. The van der Waals surface area contributed by atoms with Gasteiger partial charge in [-0.15, -0.1) is 0 Å². The number of nitrogens with zero attached hydrogens (tertiary/aromatic N) is 2. The van der Waals surface area contributed by atoms with Crippen molar-refractivity contribution >= 4 is 11.6 Å². The van der Waals surface area contributed by atoms with Crippen molar-refractivity contribution in [3.8, 4) is 0 Å². The molecule has 0 unspecified atom stereocenters. The Bertz CT molecular complexity index is 630. The fraction of sp³-hybridized carbons (Fsp3) is 0.333. The third kappa shape index (κ3) is 2.05. The fourth-order valence-electron chi connectivity index (χ4n) is 2.47. The largest absolute Gasteiger partial charge is 0.358 e. The van der Waals surface area contributed by atoms with Gasteiger partial charge in [0.2, 0.25) is 0 Å². The quantitative estimate of drug-likeness (QED) is 0.900. The summed E-state index contributed by atoms with van der Waals surface area (Å²) >= 11 is 0. The van der Waals surface area contributed by atoms with Crippen molar-refractivity contribution in [2.45, 2.75) is 33.0 Å². The molecule has 3 rings (SSSR count). The highest BCUT2D eigenvalue weighted by Crippen LogP contribution is 2.26. The number of fused-ring (bicyclic) bond motifs is 1. The van der Waals surface area contributed by atoms with E-state index >= 15 is 0 Å². The van der Waals surface area contributed by atoms with Gasteiger partial charge < -0.3 is 10.6 Å². The Balaban J connectivity index is 1.89. The predicted octanol–water partition coefficient (Wildman–Crippen LogP) is 2.32. The summed E-state index contributed by atoms with van der Waals surface area (Å²) < 4.78 is 1.70. The lowest BCUT2D eigenvalue weighted by atomic mass is 10.1. The third-order valence-electron chi connectivity index (χ3n) is 3.65. The van der Waals surface area contributed by atoms with Crippen molar-refractivity contribution in [3.05, 3.63) is 47.3 Å². The van der Waals surface area contributed by atoms with Crippen LogP contribution in [0.25, 0.3) is 0 Å². The van der Waals surface area contributed by atoms with E-state index < -0.39 is 0 Å². The Kier molecular flexibility index (Phi) is 3.18. The Morgan fingerprint density at radius 3 is 2.60 bits per heavy atom. The van der Waals surface area contributed by atoms with Crippen LogP contribution in [0, 0.1) is 0 Å². The number of hydrogen-bond acceptors (Lipinski definition) is 3. The Morgan fingerprint density at radius 1 is 1.20 bits per heavy atom. The maximum Gasteiger partial charge on any atom is 0.273 e. The number of aromatic nitrogens is 2. The number of anilines is 1. The van der Waals surface area contributed by atoms with E-state index in [0.29, 0.717) is 12.2 Å². The van der Waals surface area contributed by atoms with E-state index in [2.05, 4.69) is 34.8 Å². The van der Waals surface area contributed by atoms with Crippen LogP contribution in [0.15, 0.2) is 30.5 Å². The lowest BCUT2D eigenvalue weighted by Gasteiger charge is -2.26. The maximum absolute atomic E-state index is 12.2. The summed E-state index contributed by atoms with van der Waals surface area (Å²) in [7, 11) is 0. The zero-order valence-corrected chi connectivity index (χ0v) is 11.7. The Labute approximate surface area is 118 Å². The first kappa shape index (κ1) is 12.7. The van der Waals surface area contributed by atoms with Gasteiger partial charge in [0.25, 0.3) is 5.91 Å². The monoisotopic (exact) mass is 270 g/mol. The lowest BCUT2D eigenvalue weighted by molar-refractivity contribution is 0.0924. The van der Waals surface area contributed by atoms with Crippen LogP contribution in [0.1, 0.15) is 41.6 Å². The average Bonchev–Trinajstić information content (AvgIpc) is 2.91. The molecule has 20 heavy (non-hydrogen) atoms. The van der Waals surface area contributed by atoms with Crippen molar-refractivity contribution in [3.63, 3.8) is 0 Å². The first-order chi connectivity index (χ1) is 9.72. The molecule has 1 aromatic carbocycles. The average molecular weight is 270 g/mol. The molecule has 1 aliphatic heterocycles. The number of aryl methyl sites for hydroxylation is 2. The van der Waals surface area contributed by atoms with E-state index in [9.17, 15) is 4.79 Å². The third-order valence-corrected chi connectivity index (χ3v) is 3.65. The minimum atomic E-state index is -0.199. The zero-order chi connectivity index (χ0) is 14.1. The fourth-order valence-corrected chi connectivity index (χ4v) is 2.47. The lowest BCUT2D eigenvalue weighted by Crippen LogP contribution is -2.39. The second-order valence-electron chi connectivity index (χ2n) is 4.87. The molecule has 0 bridgehead atoms. The minimum absolute atomic E-state index is 0.0809. The first-order valence-electron chi connectivity index (χ1n) is 6.95. The molecule has 1 aromatic heterocycles. The topological polar surface area (TPSA) is 59.0 Å². The summed E-state index contributed by atoms with van der Waals surface area (Å²) in [5.41, 5.74) is 3.73. The van der Waals surface area contributed by atoms with Crippen LogP contribution in [-0.2, 0) is 13.0 Å². The van der Waals surface area contributed by atoms with Crippen LogP contribution >= 0.6 is 0 Å². The van der Waals surface area contributed by atoms with Crippen LogP contribution in [0.4, 0.5) is 5.69 Å². The highest BCUT2D eigenvalue weighted by Gasteiger charge is 2.28. The van der Waals surface area contributed by atoms with Gasteiger partial charge in [0.15, 0.2) is 0 Å². The van der Waals surface area contributed by atoms with Crippen LogP contribution in [0.2, 0.25) is 0 Å². The van der Waals surface area contributed by atoms with Crippen molar-refractivity contribution in [2.75, 3.05) is 5.32 Å². The molecule has 2 aromatic rings. The van der Waals surface area contributed by atoms with E-state index in [4.69, 9.17) is 0 Å². The highest BCUT2D eigenvalue weighted by molar-refractivity contribution is 6.00. The summed E-state index contributed by atoms with van der Waals surface area (Å²) in [6.45, 7) is 4.78. The molecule has 2 heterocycles. The van der Waals surface area contributed by atoms with Gasteiger partial charge in [-0.05, 0) is 24.5 Å². The van der Waals surface area contributed by atoms with Crippen molar-refractivity contribution in [1.82, 2.24) is 15.1 Å². The number of hydrogen-bond donors (Lipinski definition) is 2. The van der Waals surface area contributed by atoms with Gasteiger partial charge in [0, 0.05) is 6.54 Å². The zero-order valence-electron chi connectivity index (χ0n) is 11.7. The molecule has 1 atom stereocenters.